The average molecular weight is 466 g/mol. The maximum absolute atomic E-state index is 13.5. The number of benzene rings is 3. The first-order chi connectivity index (χ1) is 15.9. The number of nitrogens with zero attached hydrogens (tertiary/aromatic N) is 1. The van der Waals surface area contributed by atoms with Gasteiger partial charge in [-0.1, -0.05) is 18.2 Å². The Morgan fingerprint density at radius 2 is 1.55 bits per heavy atom. The predicted octanol–water partition coefficient (Wildman–Crippen LogP) is 4.78. The first-order valence-corrected chi connectivity index (χ1v) is 11.7. The largest absolute Gasteiger partial charge is 0.497 e. The van der Waals surface area contributed by atoms with Crippen LogP contribution in [0.4, 0.5) is 0 Å². The number of hydrogen-bond donors (Lipinski definition) is 0. The first-order valence-electron chi connectivity index (χ1n) is 10.3. The van der Waals surface area contributed by atoms with Crippen LogP contribution >= 0.6 is 0 Å². The molecule has 0 spiro atoms. The summed E-state index contributed by atoms with van der Waals surface area (Å²) >= 11 is 0. The van der Waals surface area contributed by atoms with Crippen molar-refractivity contribution in [2.45, 2.75) is 17.7 Å². The smallest absolute Gasteiger partial charge is 0.305 e. The van der Waals surface area contributed by atoms with Crippen LogP contribution in [0.25, 0.3) is 10.9 Å². The molecule has 0 atom stereocenters. The van der Waals surface area contributed by atoms with Crippen molar-refractivity contribution in [2.75, 3.05) is 14.2 Å². The summed E-state index contributed by atoms with van der Waals surface area (Å²) in [6.07, 6.45) is 2.03. The van der Waals surface area contributed by atoms with Gasteiger partial charge in [0.05, 0.1) is 24.6 Å². The number of carbonyl (C=O) groups excluding carboxylic acids is 1. The number of fused-ring (bicyclic) bond motifs is 1. The van der Waals surface area contributed by atoms with Crippen LogP contribution in [0.5, 0.6) is 17.2 Å². The molecule has 0 amide bonds. The third-order valence-corrected chi connectivity index (χ3v) is 6.93. The van der Waals surface area contributed by atoms with E-state index < -0.39 is 10.0 Å². The van der Waals surface area contributed by atoms with Crippen molar-refractivity contribution in [1.82, 2.24) is 3.97 Å². The Balaban J connectivity index is 1.70. The van der Waals surface area contributed by atoms with E-state index in [1.54, 1.807) is 43.6 Å². The van der Waals surface area contributed by atoms with Gasteiger partial charge in [-0.2, -0.15) is 0 Å². The van der Waals surface area contributed by atoms with E-state index in [4.69, 9.17) is 14.2 Å². The number of methoxy groups -OCH3 is 2. The molecule has 1 aromatic heterocycles. The van der Waals surface area contributed by atoms with E-state index in [9.17, 15) is 13.2 Å². The lowest BCUT2D eigenvalue weighted by Crippen LogP contribution is -2.11. The molecular weight excluding hydrogens is 442 g/mol. The maximum atomic E-state index is 13.5. The molecule has 0 aliphatic heterocycles. The summed E-state index contributed by atoms with van der Waals surface area (Å²) in [4.78, 5) is 11.8. The van der Waals surface area contributed by atoms with Gasteiger partial charge in [0.25, 0.3) is 10.0 Å². The van der Waals surface area contributed by atoms with Crippen molar-refractivity contribution in [3.05, 3.63) is 84.6 Å². The van der Waals surface area contributed by atoms with E-state index in [1.165, 1.54) is 23.2 Å². The number of rotatable bonds is 8. The zero-order valence-corrected chi connectivity index (χ0v) is 19.0. The zero-order valence-electron chi connectivity index (χ0n) is 18.2. The Kier molecular flexibility index (Phi) is 6.37. The second-order valence-electron chi connectivity index (χ2n) is 7.30. The highest BCUT2D eigenvalue weighted by molar-refractivity contribution is 7.90. The first kappa shape index (κ1) is 22.4. The number of aryl methyl sites for hydroxylation is 1. The topological polar surface area (TPSA) is 83.8 Å². The molecule has 0 radical (unpaired) electrons. The molecule has 0 aliphatic carbocycles. The number of esters is 1. The number of hydrogen-bond acceptors (Lipinski definition) is 6. The lowest BCUT2D eigenvalue weighted by atomic mass is 10.1. The van der Waals surface area contributed by atoms with Crippen LogP contribution < -0.4 is 9.47 Å². The van der Waals surface area contributed by atoms with Crippen LogP contribution in [0.15, 0.2) is 83.9 Å². The molecule has 1 heterocycles. The van der Waals surface area contributed by atoms with Crippen LogP contribution in [0, 0.1) is 0 Å². The van der Waals surface area contributed by atoms with Gasteiger partial charge in [0.2, 0.25) is 0 Å². The lowest BCUT2D eigenvalue weighted by molar-refractivity contribution is -0.140. The predicted molar refractivity (Wildman–Crippen MR) is 124 cm³/mol. The fraction of sp³-hybridized carbons (Fsp3) is 0.160. The minimum atomic E-state index is -3.89. The van der Waals surface area contributed by atoms with Crippen LogP contribution in [0.3, 0.4) is 0 Å². The molecule has 0 saturated heterocycles. The minimum Gasteiger partial charge on any atom is -0.497 e. The summed E-state index contributed by atoms with van der Waals surface area (Å²) in [5, 5.41) is 0.700. The van der Waals surface area contributed by atoms with E-state index >= 15 is 0 Å². The Hall–Kier alpha value is -3.78. The monoisotopic (exact) mass is 465 g/mol. The SMILES string of the molecule is COC(=O)CCc1cn(S(=O)(=O)c2ccc(Oc3ccccc3)cc2)c2ccc(OC)cc12. The Morgan fingerprint density at radius 3 is 2.21 bits per heavy atom. The van der Waals surface area contributed by atoms with Gasteiger partial charge in [-0.3, -0.25) is 4.79 Å². The summed E-state index contributed by atoms with van der Waals surface area (Å²) in [5.74, 6) is 1.42. The number of aromatic nitrogens is 1. The number of carbonyl (C=O) groups is 1. The van der Waals surface area contributed by atoms with Gasteiger partial charge in [-0.25, -0.2) is 12.4 Å². The fourth-order valence-electron chi connectivity index (χ4n) is 3.53. The molecule has 7 nitrogen and oxygen atoms in total. The van der Waals surface area contributed by atoms with Gasteiger partial charge >= 0.3 is 5.97 Å². The summed E-state index contributed by atoms with van der Waals surface area (Å²) < 4.78 is 44.0. The van der Waals surface area contributed by atoms with E-state index in [0.717, 1.165) is 0 Å². The van der Waals surface area contributed by atoms with Crippen LogP contribution in [-0.2, 0) is 26.0 Å². The summed E-state index contributed by atoms with van der Waals surface area (Å²) in [6.45, 7) is 0. The summed E-state index contributed by atoms with van der Waals surface area (Å²) in [6, 6.07) is 20.7. The third-order valence-electron chi connectivity index (χ3n) is 5.25. The Morgan fingerprint density at radius 1 is 0.879 bits per heavy atom. The van der Waals surface area contributed by atoms with Crippen LogP contribution in [0.1, 0.15) is 12.0 Å². The minimum absolute atomic E-state index is 0.121. The van der Waals surface area contributed by atoms with Gasteiger partial charge in [0.15, 0.2) is 0 Å². The molecule has 0 N–H and O–H groups in total. The highest BCUT2D eigenvalue weighted by atomic mass is 32.2. The molecule has 0 aliphatic rings. The van der Waals surface area contributed by atoms with Gasteiger partial charge in [-0.05, 0) is 66.6 Å². The van der Waals surface area contributed by atoms with Gasteiger partial charge < -0.3 is 14.2 Å². The average Bonchev–Trinajstić information content (AvgIpc) is 3.22. The molecule has 0 fully saturated rings. The van der Waals surface area contributed by atoms with E-state index in [-0.39, 0.29) is 17.3 Å². The molecule has 4 aromatic rings. The van der Waals surface area contributed by atoms with Crippen molar-refractivity contribution in [3.8, 4) is 17.2 Å². The third kappa shape index (κ3) is 4.70. The molecule has 170 valence electrons. The molecule has 33 heavy (non-hydrogen) atoms. The van der Waals surface area contributed by atoms with Crippen molar-refractivity contribution in [1.29, 1.82) is 0 Å². The zero-order chi connectivity index (χ0) is 23.4. The fourth-order valence-corrected chi connectivity index (χ4v) is 4.92. The van der Waals surface area contributed by atoms with Crippen molar-refractivity contribution < 1.29 is 27.4 Å². The maximum Gasteiger partial charge on any atom is 0.305 e. The van der Waals surface area contributed by atoms with Gasteiger partial charge in [0.1, 0.15) is 17.2 Å². The van der Waals surface area contributed by atoms with Crippen LogP contribution in [0.2, 0.25) is 0 Å². The van der Waals surface area contributed by atoms with E-state index in [1.807, 2.05) is 30.3 Å². The highest BCUT2D eigenvalue weighted by Crippen LogP contribution is 2.31. The summed E-state index contributed by atoms with van der Waals surface area (Å²) in [5.41, 5.74) is 1.21. The molecule has 3 aromatic carbocycles. The lowest BCUT2D eigenvalue weighted by Gasteiger charge is -2.10. The van der Waals surface area contributed by atoms with Crippen molar-refractivity contribution in [2.24, 2.45) is 0 Å². The van der Waals surface area contributed by atoms with Gasteiger partial charge in [0, 0.05) is 18.0 Å². The standard InChI is InChI=1S/C25H23NO6S/c1-30-21-11-14-24-23(16-21)18(8-15-25(27)31-2)17-26(24)33(28,29)22-12-9-20(10-13-22)32-19-6-4-3-5-7-19/h3-7,9-14,16-17H,8,15H2,1-2H3. The number of para-hydroxylation sites is 1. The van der Waals surface area contributed by atoms with Crippen molar-refractivity contribution in [3.63, 3.8) is 0 Å². The van der Waals surface area contributed by atoms with E-state index in [0.29, 0.717) is 40.1 Å². The molecule has 0 bridgehead atoms. The molecule has 0 unspecified atom stereocenters. The second kappa shape index (κ2) is 9.38. The highest BCUT2D eigenvalue weighted by Gasteiger charge is 2.22. The molecule has 4 rings (SSSR count). The number of ether oxygens (including phenoxy) is 3. The molecule has 0 saturated carbocycles. The Labute approximate surface area is 192 Å². The summed E-state index contributed by atoms with van der Waals surface area (Å²) in [7, 11) is -1.03. The molecular formula is C25H23NO6S. The van der Waals surface area contributed by atoms with Crippen LogP contribution in [-0.4, -0.2) is 32.6 Å². The Bertz CT molecular complexity index is 1380. The quantitative estimate of drug-likeness (QED) is 0.348. The normalized spacial score (nSPS) is 11.3. The molecule has 8 heteroatoms. The van der Waals surface area contributed by atoms with E-state index in [2.05, 4.69) is 0 Å². The second-order valence-corrected chi connectivity index (χ2v) is 9.12. The van der Waals surface area contributed by atoms with Gasteiger partial charge in [-0.15, -0.1) is 0 Å². The van der Waals surface area contributed by atoms with Crippen molar-refractivity contribution >= 4 is 26.9 Å².